The first-order chi connectivity index (χ1) is 11.5. The summed E-state index contributed by atoms with van der Waals surface area (Å²) in [5.74, 6) is 0.325. The van der Waals surface area contributed by atoms with Crippen LogP contribution in [0.25, 0.3) is 0 Å². The molecule has 2 aromatic rings. The smallest absolute Gasteiger partial charge is 0.387 e. The molecule has 0 fully saturated rings. The van der Waals surface area contributed by atoms with Crippen LogP contribution in [0.15, 0.2) is 47.4 Å². The van der Waals surface area contributed by atoms with E-state index in [0.29, 0.717) is 5.75 Å². The lowest BCUT2D eigenvalue weighted by Gasteiger charge is -2.11. The zero-order valence-corrected chi connectivity index (χ0v) is 14.3. The van der Waals surface area contributed by atoms with Gasteiger partial charge >= 0.3 is 6.61 Å². The minimum Gasteiger partial charge on any atom is -0.433 e. The lowest BCUT2D eigenvalue weighted by atomic mass is 10.1. The molecule has 0 aliphatic rings. The summed E-state index contributed by atoms with van der Waals surface area (Å²) in [5.41, 5.74) is 2.69. The highest BCUT2D eigenvalue weighted by atomic mass is 32.2. The maximum absolute atomic E-state index is 12.4. The van der Waals surface area contributed by atoms with Gasteiger partial charge in [0.15, 0.2) is 0 Å². The molecule has 3 nitrogen and oxygen atoms in total. The average Bonchev–Trinajstić information content (AvgIpc) is 2.52. The van der Waals surface area contributed by atoms with Gasteiger partial charge in [0.2, 0.25) is 5.91 Å². The van der Waals surface area contributed by atoms with E-state index in [4.69, 9.17) is 0 Å². The summed E-state index contributed by atoms with van der Waals surface area (Å²) in [4.78, 5) is 13.1. The number of anilines is 1. The van der Waals surface area contributed by atoms with Crippen molar-refractivity contribution in [2.75, 3.05) is 11.1 Å². The first-order valence-corrected chi connectivity index (χ1v) is 8.48. The zero-order valence-electron chi connectivity index (χ0n) is 13.5. The van der Waals surface area contributed by atoms with Crippen LogP contribution in [0.3, 0.4) is 0 Å². The van der Waals surface area contributed by atoms with Crippen LogP contribution in [0, 0.1) is 13.8 Å². The summed E-state index contributed by atoms with van der Waals surface area (Å²) in [6.45, 7) is 1.17. The van der Waals surface area contributed by atoms with Gasteiger partial charge in [-0.25, -0.2) is 0 Å². The topological polar surface area (TPSA) is 38.3 Å². The molecule has 0 aliphatic carbocycles. The number of carbonyl (C=O) groups excluding carboxylic acids is 1. The van der Waals surface area contributed by atoms with E-state index >= 15 is 0 Å². The van der Waals surface area contributed by atoms with Gasteiger partial charge in [-0.15, -0.1) is 11.8 Å². The molecule has 0 radical (unpaired) electrons. The van der Waals surface area contributed by atoms with Gasteiger partial charge in [0.05, 0.1) is 5.69 Å². The molecule has 0 aromatic heterocycles. The van der Waals surface area contributed by atoms with E-state index in [1.54, 1.807) is 23.9 Å². The number of hydrogen-bond acceptors (Lipinski definition) is 3. The van der Waals surface area contributed by atoms with Gasteiger partial charge in [0, 0.05) is 17.1 Å². The van der Waals surface area contributed by atoms with Crippen molar-refractivity contribution >= 4 is 23.4 Å². The summed E-state index contributed by atoms with van der Waals surface area (Å²) in [7, 11) is 0. The number of rotatable bonds is 7. The van der Waals surface area contributed by atoms with Crippen molar-refractivity contribution in [2.24, 2.45) is 0 Å². The summed E-state index contributed by atoms with van der Waals surface area (Å²) < 4.78 is 29.1. The van der Waals surface area contributed by atoms with Crippen molar-refractivity contribution in [3.8, 4) is 5.75 Å². The minimum atomic E-state index is -2.93. The van der Waals surface area contributed by atoms with Crippen LogP contribution in [0.5, 0.6) is 5.75 Å². The number of amides is 1. The molecular formula is C18H19F2NO2S. The normalized spacial score (nSPS) is 10.7. The fraction of sp³-hybridized carbons (Fsp3) is 0.278. The Morgan fingerprint density at radius 3 is 2.62 bits per heavy atom. The van der Waals surface area contributed by atoms with E-state index in [0.717, 1.165) is 4.90 Å². The second-order valence-corrected chi connectivity index (χ2v) is 6.44. The SMILES string of the molecule is Cc1ccc(SCCC(=O)Nc2ccccc2OC(F)F)cc1C. The number of benzene rings is 2. The Hall–Kier alpha value is -2.08. The molecule has 0 heterocycles. The number of hydrogen-bond donors (Lipinski definition) is 1. The number of alkyl halides is 2. The van der Waals surface area contributed by atoms with Gasteiger partial charge in [-0.1, -0.05) is 18.2 Å². The third-order valence-corrected chi connectivity index (χ3v) is 4.45. The van der Waals surface area contributed by atoms with Crippen LogP contribution >= 0.6 is 11.8 Å². The molecule has 0 saturated carbocycles. The number of ether oxygens (including phenoxy) is 1. The van der Waals surface area contributed by atoms with Crippen LogP contribution in [-0.4, -0.2) is 18.3 Å². The van der Waals surface area contributed by atoms with Crippen LogP contribution in [0.4, 0.5) is 14.5 Å². The monoisotopic (exact) mass is 351 g/mol. The number of carbonyl (C=O) groups is 1. The van der Waals surface area contributed by atoms with Gasteiger partial charge in [-0.2, -0.15) is 8.78 Å². The summed E-state index contributed by atoms with van der Waals surface area (Å²) in [5, 5.41) is 2.61. The van der Waals surface area contributed by atoms with Crippen molar-refractivity contribution in [1.82, 2.24) is 0 Å². The van der Waals surface area contributed by atoms with E-state index in [-0.39, 0.29) is 23.8 Å². The maximum atomic E-state index is 12.4. The Bertz CT molecular complexity index is 707. The molecule has 1 N–H and O–H groups in total. The van der Waals surface area contributed by atoms with Gasteiger partial charge in [0.1, 0.15) is 5.75 Å². The number of aryl methyl sites for hydroxylation is 2. The van der Waals surface area contributed by atoms with Crippen molar-refractivity contribution in [2.45, 2.75) is 31.8 Å². The maximum Gasteiger partial charge on any atom is 0.387 e. The summed E-state index contributed by atoms with van der Waals surface area (Å²) in [6.07, 6.45) is 0.278. The average molecular weight is 351 g/mol. The van der Waals surface area contributed by atoms with Gasteiger partial charge in [0.25, 0.3) is 0 Å². The van der Waals surface area contributed by atoms with Crippen LogP contribution in [-0.2, 0) is 4.79 Å². The van der Waals surface area contributed by atoms with E-state index in [1.807, 2.05) is 13.0 Å². The van der Waals surface area contributed by atoms with Gasteiger partial charge in [-0.05, 0) is 49.2 Å². The standard InChI is InChI=1S/C18H19F2NO2S/c1-12-7-8-14(11-13(12)2)24-10-9-17(22)21-15-5-3-4-6-16(15)23-18(19)20/h3-8,11,18H,9-10H2,1-2H3,(H,21,22). The van der Waals surface area contributed by atoms with Crippen molar-refractivity contribution < 1.29 is 18.3 Å². The number of halogens is 2. The third-order valence-electron chi connectivity index (χ3n) is 3.45. The third kappa shape index (κ3) is 5.53. The highest BCUT2D eigenvalue weighted by Crippen LogP contribution is 2.26. The molecule has 0 spiro atoms. The van der Waals surface area contributed by atoms with Crippen molar-refractivity contribution in [3.63, 3.8) is 0 Å². The highest BCUT2D eigenvalue weighted by Gasteiger charge is 2.11. The van der Waals surface area contributed by atoms with Crippen molar-refractivity contribution in [1.29, 1.82) is 0 Å². The van der Waals surface area contributed by atoms with Gasteiger partial charge < -0.3 is 10.1 Å². The molecule has 6 heteroatoms. The van der Waals surface area contributed by atoms with E-state index in [1.165, 1.54) is 23.3 Å². The second kappa shape index (κ2) is 8.68. The molecule has 1 amide bonds. The zero-order chi connectivity index (χ0) is 17.5. The second-order valence-electron chi connectivity index (χ2n) is 5.27. The molecule has 2 aromatic carbocycles. The molecule has 0 saturated heterocycles. The number of para-hydroxylation sites is 2. The molecule has 0 unspecified atom stereocenters. The predicted molar refractivity (Wildman–Crippen MR) is 93.0 cm³/mol. The Labute approximate surface area is 144 Å². The van der Waals surface area contributed by atoms with E-state index < -0.39 is 6.61 Å². The largest absolute Gasteiger partial charge is 0.433 e. The minimum absolute atomic E-state index is 0.0392. The first-order valence-electron chi connectivity index (χ1n) is 7.49. The molecule has 0 aliphatic heterocycles. The van der Waals surface area contributed by atoms with Crippen LogP contribution in [0.2, 0.25) is 0 Å². The van der Waals surface area contributed by atoms with Crippen molar-refractivity contribution in [3.05, 3.63) is 53.6 Å². The molecule has 0 bridgehead atoms. The number of thioether (sulfide) groups is 1. The van der Waals surface area contributed by atoms with Gasteiger partial charge in [-0.3, -0.25) is 4.79 Å². The molecule has 128 valence electrons. The van der Waals surface area contributed by atoms with Crippen LogP contribution in [0.1, 0.15) is 17.5 Å². The summed E-state index contributed by atoms with van der Waals surface area (Å²) >= 11 is 1.58. The first kappa shape index (κ1) is 18.3. The fourth-order valence-electron chi connectivity index (χ4n) is 2.05. The molecular weight excluding hydrogens is 332 g/mol. The highest BCUT2D eigenvalue weighted by molar-refractivity contribution is 7.99. The summed E-state index contributed by atoms with van der Waals surface area (Å²) in [6, 6.07) is 12.3. The van der Waals surface area contributed by atoms with E-state index in [2.05, 4.69) is 29.1 Å². The quantitative estimate of drug-likeness (QED) is 0.711. The lowest BCUT2D eigenvalue weighted by molar-refractivity contribution is -0.115. The fourth-order valence-corrected chi connectivity index (χ4v) is 2.99. The Kier molecular flexibility index (Phi) is 6.61. The number of nitrogens with one attached hydrogen (secondary N) is 1. The molecule has 2 rings (SSSR count). The predicted octanol–water partition coefficient (Wildman–Crippen LogP) is 5.03. The Morgan fingerprint density at radius 2 is 1.92 bits per heavy atom. The Morgan fingerprint density at radius 1 is 1.17 bits per heavy atom. The van der Waals surface area contributed by atoms with E-state index in [9.17, 15) is 13.6 Å². The lowest BCUT2D eigenvalue weighted by Crippen LogP contribution is -2.14. The Balaban J connectivity index is 1.86. The molecule has 24 heavy (non-hydrogen) atoms. The van der Waals surface area contributed by atoms with Crippen LogP contribution < -0.4 is 10.1 Å². The molecule has 0 atom stereocenters.